The van der Waals surface area contributed by atoms with Crippen LogP contribution in [0.1, 0.15) is 32.6 Å². The van der Waals surface area contributed by atoms with Crippen LogP contribution >= 0.6 is 0 Å². The Bertz CT molecular complexity index is 259. The van der Waals surface area contributed by atoms with Gasteiger partial charge in [-0.05, 0) is 32.6 Å². The second-order valence-electron chi connectivity index (χ2n) is 3.89. The van der Waals surface area contributed by atoms with Gasteiger partial charge >= 0.3 is 5.97 Å². The number of fused-ring (bicyclic) bond motifs is 3. The average Bonchev–Trinajstić information content (AvgIpc) is 2.18. The number of carbonyl (C=O) groups is 1. The molecule has 0 aromatic heterocycles. The van der Waals surface area contributed by atoms with E-state index in [1.807, 2.05) is 0 Å². The minimum absolute atomic E-state index is 0.286. The highest BCUT2D eigenvalue weighted by Crippen LogP contribution is 2.40. The molecule has 0 aromatic rings. The number of aliphatic carboxylic acids is 1. The van der Waals surface area contributed by atoms with Gasteiger partial charge in [0, 0.05) is 5.92 Å². The number of hydrogen-bond acceptors (Lipinski definition) is 2. The van der Waals surface area contributed by atoms with Gasteiger partial charge < -0.3 is 9.84 Å². The summed E-state index contributed by atoms with van der Waals surface area (Å²) in [7, 11) is 0. The molecule has 1 aliphatic carbocycles. The van der Waals surface area contributed by atoms with E-state index in [-0.39, 0.29) is 6.10 Å². The van der Waals surface area contributed by atoms with E-state index in [1.165, 1.54) is 0 Å². The average molecular weight is 182 g/mol. The molecule has 2 saturated heterocycles. The molecule has 0 atom stereocenters. The number of rotatable bonds is 1. The Balaban J connectivity index is 2.25. The zero-order chi connectivity index (χ0) is 9.42. The first-order valence-corrected chi connectivity index (χ1v) is 4.79. The van der Waals surface area contributed by atoms with Gasteiger partial charge in [0.1, 0.15) is 5.76 Å². The van der Waals surface area contributed by atoms with Gasteiger partial charge in [-0.2, -0.15) is 0 Å². The molecule has 3 aliphatic rings. The predicted octanol–water partition coefficient (Wildman–Crippen LogP) is 1.93. The first kappa shape index (κ1) is 8.60. The van der Waals surface area contributed by atoms with Crippen molar-refractivity contribution in [2.75, 3.05) is 0 Å². The van der Waals surface area contributed by atoms with Crippen molar-refractivity contribution in [1.29, 1.82) is 0 Å². The minimum Gasteiger partial charge on any atom is -0.494 e. The van der Waals surface area contributed by atoms with E-state index in [1.54, 1.807) is 6.92 Å². The van der Waals surface area contributed by atoms with Gasteiger partial charge in [0.15, 0.2) is 0 Å². The normalized spacial score (nSPS) is 35.5. The summed E-state index contributed by atoms with van der Waals surface area (Å²) in [6, 6.07) is 0. The molecule has 2 bridgehead atoms. The largest absolute Gasteiger partial charge is 0.494 e. The smallest absolute Gasteiger partial charge is 0.334 e. The Labute approximate surface area is 77.4 Å². The number of hydrogen-bond donors (Lipinski definition) is 1. The van der Waals surface area contributed by atoms with Gasteiger partial charge in [0.25, 0.3) is 0 Å². The van der Waals surface area contributed by atoms with Crippen LogP contribution in [-0.4, -0.2) is 17.2 Å². The maximum absolute atomic E-state index is 10.7. The van der Waals surface area contributed by atoms with Crippen molar-refractivity contribution in [3.63, 3.8) is 0 Å². The summed E-state index contributed by atoms with van der Waals surface area (Å²) in [6.07, 6.45) is 4.69. The maximum atomic E-state index is 10.7. The molecule has 0 amide bonds. The maximum Gasteiger partial charge on any atom is 0.334 e. The molecule has 72 valence electrons. The Morgan fingerprint density at radius 2 is 2.00 bits per heavy atom. The molecule has 3 nitrogen and oxygen atoms in total. The second-order valence-corrected chi connectivity index (χ2v) is 3.89. The third-order valence-corrected chi connectivity index (χ3v) is 3.03. The number of allylic oxidation sites excluding steroid dienone is 1. The molecule has 3 fully saturated rings. The van der Waals surface area contributed by atoms with E-state index in [0.717, 1.165) is 31.4 Å². The quantitative estimate of drug-likeness (QED) is 0.630. The van der Waals surface area contributed by atoms with Gasteiger partial charge in [0.2, 0.25) is 0 Å². The molecule has 3 heteroatoms. The Kier molecular flexibility index (Phi) is 2.02. The van der Waals surface area contributed by atoms with Gasteiger partial charge in [0.05, 0.1) is 11.7 Å². The van der Waals surface area contributed by atoms with Crippen LogP contribution in [0.2, 0.25) is 0 Å². The Morgan fingerprint density at radius 3 is 2.38 bits per heavy atom. The molecule has 0 aromatic carbocycles. The second kappa shape index (κ2) is 3.05. The summed E-state index contributed by atoms with van der Waals surface area (Å²) >= 11 is 0. The van der Waals surface area contributed by atoms with Crippen LogP contribution in [0.3, 0.4) is 0 Å². The molecular formula is C10H14O3. The third-order valence-electron chi connectivity index (χ3n) is 3.03. The fraction of sp³-hybridized carbons (Fsp3) is 0.700. The number of ether oxygens (including phenoxy) is 1. The van der Waals surface area contributed by atoms with Gasteiger partial charge in [-0.15, -0.1) is 0 Å². The SMILES string of the molecule is CC(C(=O)O)=C1OC2CCC1CC2. The lowest BCUT2D eigenvalue weighted by Gasteiger charge is -2.39. The number of carboxylic acid groups (broad SMARTS) is 1. The van der Waals surface area contributed by atoms with E-state index in [4.69, 9.17) is 9.84 Å². The first-order chi connectivity index (χ1) is 6.18. The number of carboxylic acids is 1. The van der Waals surface area contributed by atoms with E-state index >= 15 is 0 Å². The minimum atomic E-state index is -0.845. The lowest BCUT2D eigenvalue weighted by molar-refractivity contribution is -0.133. The van der Waals surface area contributed by atoms with Crippen LogP contribution in [0, 0.1) is 5.92 Å². The van der Waals surface area contributed by atoms with Crippen molar-refractivity contribution in [3.05, 3.63) is 11.3 Å². The summed E-state index contributed by atoms with van der Waals surface area (Å²) < 4.78 is 5.61. The van der Waals surface area contributed by atoms with Gasteiger partial charge in [-0.25, -0.2) is 4.79 Å². The highest BCUT2D eigenvalue weighted by molar-refractivity contribution is 5.86. The predicted molar refractivity (Wildman–Crippen MR) is 47.2 cm³/mol. The fourth-order valence-corrected chi connectivity index (χ4v) is 2.22. The zero-order valence-electron chi connectivity index (χ0n) is 7.75. The Hall–Kier alpha value is -0.990. The topological polar surface area (TPSA) is 46.5 Å². The van der Waals surface area contributed by atoms with Crippen molar-refractivity contribution >= 4 is 5.97 Å². The molecule has 2 aliphatic heterocycles. The highest BCUT2D eigenvalue weighted by atomic mass is 16.5. The molecule has 0 spiro atoms. The first-order valence-electron chi connectivity index (χ1n) is 4.79. The summed E-state index contributed by atoms with van der Waals surface area (Å²) in [5, 5.41) is 8.82. The van der Waals surface area contributed by atoms with Crippen molar-refractivity contribution in [2.45, 2.75) is 38.7 Å². The summed E-state index contributed by atoms with van der Waals surface area (Å²) in [5.74, 6) is 0.277. The van der Waals surface area contributed by atoms with Crippen LogP contribution in [-0.2, 0) is 9.53 Å². The monoisotopic (exact) mass is 182 g/mol. The van der Waals surface area contributed by atoms with Crippen molar-refractivity contribution in [1.82, 2.24) is 0 Å². The molecule has 1 saturated carbocycles. The van der Waals surface area contributed by atoms with Crippen LogP contribution in [0.15, 0.2) is 11.3 Å². The molecular weight excluding hydrogens is 168 g/mol. The van der Waals surface area contributed by atoms with Crippen LogP contribution in [0.5, 0.6) is 0 Å². The van der Waals surface area contributed by atoms with Gasteiger partial charge in [-0.3, -0.25) is 0 Å². The van der Waals surface area contributed by atoms with Crippen molar-refractivity contribution < 1.29 is 14.6 Å². The van der Waals surface area contributed by atoms with E-state index in [9.17, 15) is 4.79 Å². The molecule has 0 radical (unpaired) electrons. The van der Waals surface area contributed by atoms with E-state index < -0.39 is 5.97 Å². The molecule has 1 N–H and O–H groups in total. The summed E-state index contributed by atoms with van der Waals surface area (Å²) in [5.41, 5.74) is 0.398. The van der Waals surface area contributed by atoms with Crippen LogP contribution < -0.4 is 0 Å². The molecule has 3 rings (SSSR count). The van der Waals surface area contributed by atoms with Crippen molar-refractivity contribution in [2.24, 2.45) is 5.92 Å². The fourth-order valence-electron chi connectivity index (χ4n) is 2.22. The molecule has 13 heavy (non-hydrogen) atoms. The molecule has 2 heterocycles. The lowest BCUT2D eigenvalue weighted by atomic mass is 9.81. The standard InChI is InChI=1S/C10H14O3/c1-6(10(11)12)9-7-2-4-8(13-9)5-3-7/h7-8H,2-5H2,1H3,(H,11,12). The highest BCUT2D eigenvalue weighted by Gasteiger charge is 2.35. The molecule has 0 unspecified atom stereocenters. The summed E-state index contributed by atoms with van der Waals surface area (Å²) in [4.78, 5) is 10.7. The van der Waals surface area contributed by atoms with Gasteiger partial charge in [-0.1, -0.05) is 0 Å². The zero-order valence-corrected chi connectivity index (χ0v) is 7.75. The van der Waals surface area contributed by atoms with Crippen LogP contribution in [0.25, 0.3) is 0 Å². The summed E-state index contributed by atoms with van der Waals surface area (Å²) in [6.45, 7) is 1.64. The Morgan fingerprint density at radius 1 is 1.38 bits per heavy atom. The lowest BCUT2D eigenvalue weighted by Crippen LogP contribution is -2.32. The van der Waals surface area contributed by atoms with Crippen molar-refractivity contribution in [3.8, 4) is 0 Å². The van der Waals surface area contributed by atoms with Crippen LogP contribution in [0.4, 0.5) is 0 Å². The van der Waals surface area contributed by atoms with E-state index in [0.29, 0.717) is 11.5 Å². The third kappa shape index (κ3) is 1.43. The van der Waals surface area contributed by atoms with E-state index in [2.05, 4.69) is 0 Å².